The molecule has 0 bridgehead atoms. The summed E-state index contributed by atoms with van der Waals surface area (Å²) in [6.45, 7) is 0.634. The molecule has 13 heavy (non-hydrogen) atoms. The monoisotopic (exact) mass is 215 g/mol. The van der Waals surface area contributed by atoms with Crippen LogP contribution in [0.15, 0.2) is 23.2 Å². The number of aliphatic imine (C=N–C) groups is 1. The van der Waals surface area contributed by atoms with Crippen LogP contribution in [0.5, 0.6) is 5.75 Å². The molecule has 0 heterocycles. The number of thiol groups is 1. The number of hydrogen-bond acceptors (Lipinski definition) is 3. The second kappa shape index (κ2) is 5.14. The Balaban J connectivity index is 2.81. The quantitative estimate of drug-likeness (QED) is 0.589. The van der Waals surface area contributed by atoms with E-state index >= 15 is 0 Å². The first-order valence-electron chi connectivity index (χ1n) is 3.83. The van der Waals surface area contributed by atoms with Crippen LogP contribution in [0.3, 0.4) is 0 Å². The average molecular weight is 216 g/mol. The van der Waals surface area contributed by atoms with Gasteiger partial charge in [0.15, 0.2) is 0 Å². The van der Waals surface area contributed by atoms with E-state index in [2.05, 4.69) is 17.6 Å². The lowest BCUT2D eigenvalue weighted by Gasteiger charge is -1.98. The molecular weight excluding hydrogens is 206 g/mol. The number of benzene rings is 1. The van der Waals surface area contributed by atoms with Crippen molar-refractivity contribution in [3.8, 4) is 5.75 Å². The minimum absolute atomic E-state index is 0.187. The van der Waals surface area contributed by atoms with Crippen LogP contribution in [-0.4, -0.2) is 23.6 Å². The van der Waals surface area contributed by atoms with Crippen molar-refractivity contribution in [1.82, 2.24) is 0 Å². The third-order valence-electron chi connectivity index (χ3n) is 1.45. The van der Waals surface area contributed by atoms with Gasteiger partial charge in [-0.05, 0) is 18.2 Å². The van der Waals surface area contributed by atoms with Gasteiger partial charge < -0.3 is 5.11 Å². The maximum Gasteiger partial charge on any atom is 0.124 e. The molecule has 0 spiro atoms. The highest BCUT2D eigenvalue weighted by molar-refractivity contribution is 7.80. The lowest BCUT2D eigenvalue weighted by atomic mass is 10.2. The van der Waals surface area contributed by atoms with Gasteiger partial charge in [-0.25, -0.2) is 0 Å². The smallest absolute Gasteiger partial charge is 0.124 e. The highest BCUT2D eigenvalue weighted by Gasteiger charge is 1.97. The Morgan fingerprint density at radius 1 is 1.54 bits per heavy atom. The fourth-order valence-electron chi connectivity index (χ4n) is 0.849. The van der Waals surface area contributed by atoms with Gasteiger partial charge in [0.25, 0.3) is 0 Å². The summed E-state index contributed by atoms with van der Waals surface area (Å²) < 4.78 is 0. The summed E-state index contributed by atoms with van der Waals surface area (Å²) in [4.78, 5) is 4.04. The predicted molar refractivity (Wildman–Crippen MR) is 59.4 cm³/mol. The molecule has 0 aliphatic heterocycles. The van der Waals surface area contributed by atoms with Gasteiger partial charge in [0.2, 0.25) is 0 Å². The van der Waals surface area contributed by atoms with Gasteiger partial charge in [-0.3, -0.25) is 4.99 Å². The van der Waals surface area contributed by atoms with Crippen molar-refractivity contribution in [2.75, 3.05) is 12.3 Å². The Labute approximate surface area is 87.7 Å². The lowest BCUT2D eigenvalue weighted by molar-refractivity contribution is 0.474. The van der Waals surface area contributed by atoms with Crippen LogP contribution in [-0.2, 0) is 0 Å². The highest BCUT2D eigenvalue weighted by atomic mass is 35.5. The summed E-state index contributed by atoms with van der Waals surface area (Å²) in [5.74, 6) is 0.880. The van der Waals surface area contributed by atoms with Crippen LogP contribution < -0.4 is 0 Å². The fourth-order valence-corrected chi connectivity index (χ4v) is 1.15. The van der Waals surface area contributed by atoms with Crippen LogP contribution >= 0.6 is 24.2 Å². The fraction of sp³-hybridized carbons (Fsp3) is 0.222. The van der Waals surface area contributed by atoms with E-state index in [9.17, 15) is 5.11 Å². The zero-order valence-electron chi connectivity index (χ0n) is 6.94. The van der Waals surface area contributed by atoms with E-state index in [1.165, 1.54) is 0 Å². The SMILES string of the molecule is Oc1ccc(Cl)cc1C=NCCS. The highest BCUT2D eigenvalue weighted by Crippen LogP contribution is 2.19. The molecule has 4 heteroatoms. The number of phenolic OH excluding ortho intramolecular Hbond substituents is 1. The number of aromatic hydroxyl groups is 1. The molecule has 1 aromatic carbocycles. The summed E-state index contributed by atoms with van der Waals surface area (Å²) >= 11 is 9.75. The molecule has 2 nitrogen and oxygen atoms in total. The van der Waals surface area contributed by atoms with E-state index in [0.29, 0.717) is 22.9 Å². The summed E-state index contributed by atoms with van der Waals surface area (Å²) in [5.41, 5.74) is 0.634. The second-order valence-corrected chi connectivity index (χ2v) is 3.35. The Morgan fingerprint density at radius 3 is 3.00 bits per heavy atom. The predicted octanol–water partition coefficient (Wildman–Crippen LogP) is 2.39. The average Bonchev–Trinajstić information content (AvgIpc) is 2.11. The van der Waals surface area contributed by atoms with Crippen LogP contribution in [0, 0.1) is 0 Å². The van der Waals surface area contributed by atoms with Crippen LogP contribution in [0.1, 0.15) is 5.56 Å². The van der Waals surface area contributed by atoms with E-state index in [1.807, 2.05) is 0 Å². The molecule has 0 aliphatic carbocycles. The molecule has 0 saturated heterocycles. The van der Waals surface area contributed by atoms with Gasteiger partial charge in [0.05, 0.1) is 0 Å². The van der Waals surface area contributed by atoms with E-state index < -0.39 is 0 Å². The van der Waals surface area contributed by atoms with Crippen molar-refractivity contribution < 1.29 is 5.11 Å². The maximum absolute atomic E-state index is 9.37. The molecule has 1 rings (SSSR count). The first-order valence-corrected chi connectivity index (χ1v) is 4.84. The first-order chi connectivity index (χ1) is 6.24. The third kappa shape index (κ3) is 3.28. The molecule has 70 valence electrons. The number of nitrogens with zero attached hydrogens (tertiary/aromatic N) is 1. The van der Waals surface area contributed by atoms with E-state index in [1.54, 1.807) is 24.4 Å². The zero-order chi connectivity index (χ0) is 9.68. The van der Waals surface area contributed by atoms with Gasteiger partial charge in [0, 0.05) is 29.1 Å². The third-order valence-corrected chi connectivity index (χ3v) is 1.88. The number of hydrogen-bond donors (Lipinski definition) is 2. The Bertz CT molecular complexity index is 314. The molecule has 0 fully saturated rings. The molecule has 0 amide bonds. The molecule has 1 N–H and O–H groups in total. The van der Waals surface area contributed by atoms with Gasteiger partial charge in [-0.2, -0.15) is 12.6 Å². The molecule has 0 saturated carbocycles. The molecular formula is C9H10ClNOS. The lowest BCUT2D eigenvalue weighted by Crippen LogP contribution is -1.86. The van der Waals surface area contributed by atoms with Crippen molar-refractivity contribution in [2.45, 2.75) is 0 Å². The summed E-state index contributed by atoms with van der Waals surface area (Å²) in [5, 5.41) is 9.95. The summed E-state index contributed by atoms with van der Waals surface area (Å²) in [6, 6.07) is 4.84. The number of phenols is 1. The molecule has 0 atom stereocenters. The molecule has 1 aromatic rings. The second-order valence-electron chi connectivity index (χ2n) is 2.46. The zero-order valence-corrected chi connectivity index (χ0v) is 8.59. The topological polar surface area (TPSA) is 32.6 Å². The van der Waals surface area contributed by atoms with Crippen LogP contribution in [0.2, 0.25) is 5.02 Å². The maximum atomic E-state index is 9.37. The first kappa shape index (κ1) is 10.4. The van der Waals surface area contributed by atoms with Gasteiger partial charge >= 0.3 is 0 Å². The van der Waals surface area contributed by atoms with E-state index in [4.69, 9.17) is 11.6 Å². The molecule has 0 aromatic heterocycles. The minimum atomic E-state index is 0.187. The van der Waals surface area contributed by atoms with Crippen molar-refractivity contribution in [3.63, 3.8) is 0 Å². The van der Waals surface area contributed by atoms with Crippen molar-refractivity contribution in [3.05, 3.63) is 28.8 Å². The Hall–Kier alpha value is -0.670. The number of halogens is 1. The molecule has 0 unspecified atom stereocenters. The van der Waals surface area contributed by atoms with Crippen LogP contribution in [0.25, 0.3) is 0 Å². The van der Waals surface area contributed by atoms with E-state index in [0.717, 1.165) is 0 Å². The normalized spacial score (nSPS) is 10.9. The van der Waals surface area contributed by atoms with E-state index in [-0.39, 0.29) is 5.75 Å². The Morgan fingerprint density at radius 2 is 2.31 bits per heavy atom. The van der Waals surface area contributed by atoms with Crippen molar-refractivity contribution in [2.24, 2.45) is 4.99 Å². The largest absolute Gasteiger partial charge is 0.507 e. The number of rotatable bonds is 3. The molecule has 0 aliphatic rings. The standard InChI is InChI=1S/C9H10ClNOS/c10-8-1-2-9(12)7(5-8)6-11-3-4-13/h1-2,5-6,12-13H,3-4H2. The summed E-state index contributed by atoms with van der Waals surface area (Å²) in [7, 11) is 0. The molecule has 0 radical (unpaired) electrons. The van der Waals surface area contributed by atoms with Gasteiger partial charge in [0.1, 0.15) is 5.75 Å². The van der Waals surface area contributed by atoms with Gasteiger partial charge in [-0.1, -0.05) is 11.6 Å². The summed E-state index contributed by atoms with van der Waals surface area (Å²) in [6.07, 6.45) is 1.59. The minimum Gasteiger partial charge on any atom is -0.507 e. The van der Waals surface area contributed by atoms with Crippen LogP contribution in [0.4, 0.5) is 0 Å². The van der Waals surface area contributed by atoms with Crippen molar-refractivity contribution in [1.29, 1.82) is 0 Å². The van der Waals surface area contributed by atoms with Crippen molar-refractivity contribution >= 4 is 30.4 Å². The van der Waals surface area contributed by atoms with Gasteiger partial charge in [-0.15, -0.1) is 0 Å². The Kier molecular flexibility index (Phi) is 4.12.